The van der Waals surface area contributed by atoms with E-state index >= 15 is 0 Å². The van der Waals surface area contributed by atoms with Crippen molar-refractivity contribution in [1.29, 1.82) is 0 Å². The first-order valence-corrected chi connectivity index (χ1v) is 7.99. The zero-order valence-corrected chi connectivity index (χ0v) is 13.1. The fourth-order valence-corrected chi connectivity index (χ4v) is 4.17. The zero-order chi connectivity index (χ0) is 13.4. The van der Waals surface area contributed by atoms with Crippen LogP contribution in [0.1, 0.15) is 45.1 Å². The summed E-state index contributed by atoms with van der Waals surface area (Å²) in [6, 6.07) is 2.06. The van der Waals surface area contributed by atoms with Gasteiger partial charge in [0.05, 0.1) is 4.88 Å². The number of halogens is 1. The van der Waals surface area contributed by atoms with Gasteiger partial charge in [0.1, 0.15) is 5.69 Å². The second kappa shape index (κ2) is 5.17. The minimum absolute atomic E-state index is 0.0115. The number of hydrogen-bond donors (Lipinski definition) is 0. The second-order valence-electron chi connectivity index (χ2n) is 4.80. The quantitative estimate of drug-likeness (QED) is 0.623. The molecule has 19 heavy (non-hydrogen) atoms. The summed E-state index contributed by atoms with van der Waals surface area (Å²) < 4.78 is 2.04. The van der Waals surface area contributed by atoms with Crippen molar-refractivity contribution in [3.63, 3.8) is 0 Å². The molecule has 0 saturated heterocycles. The van der Waals surface area contributed by atoms with Gasteiger partial charge in [0, 0.05) is 11.9 Å². The van der Waals surface area contributed by atoms with Crippen LogP contribution in [-0.4, -0.2) is 20.8 Å². The summed E-state index contributed by atoms with van der Waals surface area (Å²) in [5, 5.41) is 7.74. The number of carbonyl (C=O) groups excluding carboxylic acids is 1. The van der Waals surface area contributed by atoms with Crippen LogP contribution < -0.4 is 0 Å². The minimum Gasteiger partial charge on any atom is -0.286 e. The third-order valence-corrected chi connectivity index (χ3v) is 5.24. The Labute approximate surface area is 124 Å². The first-order valence-electron chi connectivity index (χ1n) is 6.38. The Hall–Kier alpha value is -1.01. The molecule has 0 atom stereocenters. The summed E-state index contributed by atoms with van der Waals surface area (Å²) in [5.41, 5.74) is 1.88. The fourth-order valence-electron chi connectivity index (χ4n) is 2.47. The summed E-state index contributed by atoms with van der Waals surface area (Å²) in [6.07, 6.45) is 5.97. The van der Waals surface area contributed by atoms with Gasteiger partial charge in [-0.2, -0.15) is 0 Å². The lowest BCUT2D eigenvalue weighted by atomic mass is 10.1. The lowest BCUT2D eigenvalue weighted by Gasteiger charge is -1.98. The number of aromatic nitrogens is 3. The number of rotatable bonds is 2. The molecule has 1 aliphatic rings. The third kappa shape index (κ3) is 2.39. The predicted octanol–water partition coefficient (Wildman–Crippen LogP) is 3.14. The number of fused-ring (bicyclic) bond motifs is 1. The summed E-state index contributed by atoms with van der Waals surface area (Å²) in [5.74, 6) is 0.0115. The second-order valence-corrected chi connectivity index (χ2v) is 6.69. The number of ketones is 1. The average Bonchev–Trinajstić information content (AvgIpc) is 2.86. The van der Waals surface area contributed by atoms with Crippen LogP contribution in [0.25, 0.3) is 0 Å². The van der Waals surface area contributed by atoms with Crippen molar-refractivity contribution in [3.05, 3.63) is 31.7 Å². The fraction of sp³-hybridized carbons (Fsp3) is 0.462. The maximum Gasteiger partial charge on any atom is 0.223 e. The summed E-state index contributed by atoms with van der Waals surface area (Å²) in [6.45, 7) is 0. The van der Waals surface area contributed by atoms with Gasteiger partial charge in [0.15, 0.2) is 4.60 Å². The van der Waals surface area contributed by atoms with Gasteiger partial charge in [-0.25, -0.2) is 4.68 Å². The molecule has 0 unspecified atom stereocenters. The Bertz CT molecular complexity index is 589. The van der Waals surface area contributed by atoms with Crippen molar-refractivity contribution in [2.24, 2.45) is 7.05 Å². The maximum atomic E-state index is 12.5. The molecular weight excluding hydrogens is 326 g/mol. The number of carbonyl (C=O) groups is 1. The molecule has 1 aliphatic carbocycles. The highest BCUT2D eigenvalue weighted by Gasteiger charge is 2.22. The molecule has 0 aliphatic heterocycles. The summed E-state index contributed by atoms with van der Waals surface area (Å²) in [7, 11) is 1.74. The maximum absolute atomic E-state index is 12.5. The van der Waals surface area contributed by atoms with E-state index in [4.69, 9.17) is 0 Å². The number of hydrogen-bond acceptors (Lipinski definition) is 4. The summed E-state index contributed by atoms with van der Waals surface area (Å²) >= 11 is 4.92. The molecule has 2 aromatic rings. The molecule has 0 radical (unpaired) electrons. The highest BCUT2D eigenvalue weighted by Crippen LogP contribution is 2.31. The van der Waals surface area contributed by atoms with Crippen molar-refractivity contribution < 1.29 is 4.79 Å². The SMILES string of the molecule is Cn1nnc(Br)c1C(=O)c1cc2c(s1)CCCCC2. The summed E-state index contributed by atoms with van der Waals surface area (Å²) in [4.78, 5) is 14.7. The molecular formula is C13H14BrN3OS. The normalized spacial score (nSPS) is 15.1. The molecule has 3 rings (SSSR count). The highest BCUT2D eigenvalue weighted by molar-refractivity contribution is 9.10. The minimum atomic E-state index is 0.0115. The topological polar surface area (TPSA) is 47.8 Å². The highest BCUT2D eigenvalue weighted by atomic mass is 79.9. The van der Waals surface area contributed by atoms with Gasteiger partial charge in [-0.05, 0) is 53.2 Å². The van der Waals surface area contributed by atoms with Crippen LogP contribution in [0.5, 0.6) is 0 Å². The van der Waals surface area contributed by atoms with E-state index in [2.05, 4.69) is 32.3 Å². The monoisotopic (exact) mass is 339 g/mol. The van der Waals surface area contributed by atoms with E-state index in [0.717, 1.165) is 17.7 Å². The Morgan fingerprint density at radius 2 is 2.16 bits per heavy atom. The largest absolute Gasteiger partial charge is 0.286 e. The first-order chi connectivity index (χ1) is 9.16. The molecule has 0 saturated carbocycles. The van der Waals surface area contributed by atoms with Crippen molar-refractivity contribution in [3.8, 4) is 0 Å². The van der Waals surface area contributed by atoms with E-state index in [1.54, 1.807) is 18.4 Å². The number of thiophene rings is 1. The van der Waals surface area contributed by atoms with Gasteiger partial charge < -0.3 is 0 Å². The van der Waals surface area contributed by atoms with Crippen LogP contribution in [-0.2, 0) is 19.9 Å². The van der Waals surface area contributed by atoms with Crippen LogP contribution in [0.4, 0.5) is 0 Å². The molecule has 4 nitrogen and oxygen atoms in total. The van der Waals surface area contributed by atoms with Crippen molar-refractivity contribution in [2.45, 2.75) is 32.1 Å². The van der Waals surface area contributed by atoms with Gasteiger partial charge in [-0.1, -0.05) is 11.6 Å². The molecule has 0 aromatic carbocycles. The molecule has 2 aromatic heterocycles. The zero-order valence-electron chi connectivity index (χ0n) is 10.6. The van der Waals surface area contributed by atoms with Crippen molar-refractivity contribution in [2.75, 3.05) is 0 Å². The standard InChI is InChI=1S/C13H14BrN3OS/c1-17-11(13(14)15-16-17)12(18)10-7-8-5-3-2-4-6-9(8)19-10/h7H,2-6H2,1H3. The van der Waals surface area contributed by atoms with Crippen LogP contribution in [0.2, 0.25) is 0 Å². The van der Waals surface area contributed by atoms with E-state index < -0.39 is 0 Å². The van der Waals surface area contributed by atoms with Crippen LogP contribution >= 0.6 is 27.3 Å². The van der Waals surface area contributed by atoms with Gasteiger partial charge in [0.25, 0.3) is 0 Å². The molecule has 100 valence electrons. The molecule has 2 heterocycles. The van der Waals surface area contributed by atoms with Gasteiger partial charge >= 0.3 is 0 Å². The Balaban J connectivity index is 1.97. The van der Waals surface area contributed by atoms with E-state index in [1.165, 1.54) is 34.4 Å². The van der Waals surface area contributed by atoms with Gasteiger partial charge in [-0.3, -0.25) is 4.79 Å². The van der Waals surface area contributed by atoms with E-state index in [-0.39, 0.29) is 5.78 Å². The Morgan fingerprint density at radius 1 is 1.37 bits per heavy atom. The van der Waals surface area contributed by atoms with E-state index in [0.29, 0.717) is 10.3 Å². The van der Waals surface area contributed by atoms with Crippen LogP contribution in [0.3, 0.4) is 0 Å². The van der Waals surface area contributed by atoms with E-state index in [1.807, 2.05) is 0 Å². The average molecular weight is 340 g/mol. The van der Waals surface area contributed by atoms with E-state index in [9.17, 15) is 4.79 Å². The molecule has 0 amide bonds. The molecule has 0 bridgehead atoms. The predicted molar refractivity (Wildman–Crippen MR) is 77.7 cm³/mol. The molecule has 6 heteroatoms. The lowest BCUT2D eigenvalue weighted by molar-refractivity contribution is 0.103. The first kappa shape index (κ1) is 13.0. The molecule has 0 fully saturated rings. The van der Waals surface area contributed by atoms with Crippen LogP contribution in [0.15, 0.2) is 10.7 Å². The van der Waals surface area contributed by atoms with Crippen LogP contribution in [0, 0.1) is 0 Å². The van der Waals surface area contributed by atoms with Gasteiger partial charge in [0.2, 0.25) is 5.78 Å². The van der Waals surface area contributed by atoms with Crippen molar-refractivity contribution >= 4 is 33.0 Å². The number of aryl methyl sites for hydroxylation is 3. The van der Waals surface area contributed by atoms with Crippen molar-refractivity contribution in [1.82, 2.24) is 15.0 Å². The van der Waals surface area contributed by atoms with Gasteiger partial charge in [-0.15, -0.1) is 16.4 Å². The molecule has 0 N–H and O–H groups in total. The Morgan fingerprint density at radius 3 is 2.89 bits per heavy atom. The molecule has 0 spiro atoms. The third-order valence-electron chi connectivity index (χ3n) is 3.47. The number of nitrogens with zero attached hydrogens (tertiary/aromatic N) is 3. The Kier molecular flexibility index (Phi) is 3.54. The lowest BCUT2D eigenvalue weighted by Crippen LogP contribution is -2.07. The smallest absolute Gasteiger partial charge is 0.223 e.